The van der Waals surface area contributed by atoms with Crippen LogP contribution in [0.25, 0.3) is 16.5 Å². The van der Waals surface area contributed by atoms with Crippen LogP contribution in [0.15, 0.2) is 18.2 Å². The van der Waals surface area contributed by atoms with Gasteiger partial charge in [0.15, 0.2) is 5.82 Å². The number of ether oxygens (including phenoxy) is 1. The van der Waals surface area contributed by atoms with Crippen LogP contribution >= 0.6 is 0 Å². The number of aromatic nitrogens is 2. The molecule has 10 heteroatoms. The Bertz CT molecular complexity index is 1210. The van der Waals surface area contributed by atoms with Crippen molar-refractivity contribution < 1.29 is 23.5 Å². The maximum atomic E-state index is 15.4. The SMILES string of the molecule is C[C@@H]1C=C(c2cc3c(cc2F)c(N2CCC(=O)NC2=O)nn3C)C[C@H](C)N1C(=O)OC(C)(C)C. The fraction of sp³-hybridized carbons (Fsp3) is 0.500. The summed E-state index contributed by atoms with van der Waals surface area (Å²) in [4.78, 5) is 39.5. The van der Waals surface area contributed by atoms with Crippen molar-refractivity contribution in [2.24, 2.45) is 7.05 Å². The molecule has 4 amide bonds. The topological polar surface area (TPSA) is 96.8 Å². The number of carbonyl (C=O) groups is 3. The number of carbonyl (C=O) groups excluding carboxylic acids is 3. The molecule has 0 aliphatic carbocycles. The van der Waals surface area contributed by atoms with E-state index in [1.165, 1.54) is 11.0 Å². The number of fused-ring (bicyclic) bond motifs is 1. The van der Waals surface area contributed by atoms with Crippen LogP contribution in [0.4, 0.5) is 19.8 Å². The van der Waals surface area contributed by atoms with Gasteiger partial charge in [-0.25, -0.2) is 14.0 Å². The third-order valence-corrected chi connectivity index (χ3v) is 6.05. The summed E-state index contributed by atoms with van der Waals surface area (Å²) in [6.45, 7) is 9.45. The summed E-state index contributed by atoms with van der Waals surface area (Å²) in [5.41, 5.74) is 1.28. The summed E-state index contributed by atoms with van der Waals surface area (Å²) in [7, 11) is 1.73. The predicted molar refractivity (Wildman–Crippen MR) is 126 cm³/mol. The Morgan fingerprint density at radius 1 is 1.24 bits per heavy atom. The number of aryl methyl sites for hydroxylation is 1. The minimum atomic E-state index is -0.604. The maximum absolute atomic E-state index is 15.4. The molecule has 0 saturated carbocycles. The molecule has 182 valence electrons. The van der Waals surface area contributed by atoms with Gasteiger partial charge in [-0.2, -0.15) is 5.10 Å². The van der Waals surface area contributed by atoms with Crippen LogP contribution in [-0.2, 0) is 16.6 Å². The quantitative estimate of drug-likeness (QED) is 0.715. The van der Waals surface area contributed by atoms with Gasteiger partial charge in [0.2, 0.25) is 5.91 Å². The lowest BCUT2D eigenvalue weighted by atomic mass is 9.91. The third-order valence-electron chi connectivity index (χ3n) is 6.05. The van der Waals surface area contributed by atoms with E-state index in [4.69, 9.17) is 4.74 Å². The first-order valence-corrected chi connectivity index (χ1v) is 11.4. The molecule has 1 N–H and O–H groups in total. The maximum Gasteiger partial charge on any atom is 0.411 e. The molecule has 0 bridgehead atoms. The van der Waals surface area contributed by atoms with Gasteiger partial charge in [0.25, 0.3) is 0 Å². The van der Waals surface area contributed by atoms with E-state index in [0.29, 0.717) is 28.7 Å². The molecule has 0 radical (unpaired) electrons. The summed E-state index contributed by atoms with van der Waals surface area (Å²) in [6.07, 6.45) is 2.11. The zero-order chi connectivity index (χ0) is 24.9. The molecule has 2 aromatic rings. The van der Waals surface area contributed by atoms with E-state index >= 15 is 4.39 Å². The predicted octanol–water partition coefficient (Wildman–Crippen LogP) is 3.96. The molecule has 2 atom stereocenters. The molecule has 4 rings (SSSR count). The fourth-order valence-corrected chi connectivity index (χ4v) is 4.59. The number of halogens is 1. The van der Waals surface area contributed by atoms with Crippen molar-refractivity contribution in [3.63, 3.8) is 0 Å². The van der Waals surface area contributed by atoms with Crippen molar-refractivity contribution in [1.82, 2.24) is 20.0 Å². The van der Waals surface area contributed by atoms with Crippen LogP contribution in [-0.4, -0.2) is 56.9 Å². The Morgan fingerprint density at radius 3 is 2.56 bits per heavy atom. The first kappa shape index (κ1) is 23.7. The number of nitrogens with zero attached hydrogens (tertiary/aromatic N) is 4. The first-order chi connectivity index (χ1) is 15.9. The van der Waals surface area contributed by atoms with Crippen molar-refractivity contribution in [2.75, 3.05) is 11.4 Å². The Kier molecular flexibility index (Phi) is 5.87. The lowest BCUT2D eigenvalue weighted by molar-refractivity contribution is -0.120. The average molecular weight is 472 g/mol. The third kappa shape index (κ3) is 4.36. The van der Waals surface area contributed by atoms with Crippen LogP contribution < -0.4 is 10.2 Å². The fourth-order valence-electron chi connectivity index (χ4n) is 4.59. The second kappa shape index (κ2) is 8.41. The largest absolute Gasteiger partial charge is 0.444 e. The Morgan fingerprint density at radius 2 is 1.94 bits per heavy atom. The van der Waals surface area contributed by atoms with Gasteiger partial charge in [0.05, 0.1) is 11.6 Å². The van der Waals surface area contributed by atoms with E-state index < -0.39 is 23.5 Å². The molecule has 0 unspecified atom stereocenters. The van der Waals surface area contributed by atoms with Gasteiger partial charge in [-0.05, 0) is 58.7 Å². The van der Waals surface area contributed by atoms with Crippen molar-refractivity contribution >= 4 is 40.3 Å². The van der Waals surface area contributed by atoms with Gasteiger partial charge >= 0.3 is 12.1 Å². The number of imide groups is 1. The van der Waals surface area contributed by atoms with E-state index in [2.05, 4.69) is 10.4 Å². The van der Waals surface area contributed by atoms with Gasteiger partial charge in [-0.3, -0.25) is 24.6 Å². The van der Waals surface area contributed by atoms with Crippen molar-refractivity contribution in [1.29, 1.82) is 0 Å². The van der Waals surface area contributed by atoms with Gasteiger partial charge in [0, 0.05) is 37.0 Å². The van der Waals surface area contributed by atoms with Gasteiger partial charge < -0.3 is 4.74 Å². The summed E-state index contributed by atoms with van der Waals surface area (Å²) in [5, 5.41) is 7.19. The van der Waals surface area contributed by atoms with Crippen LogP contribution in [0, 0.1) is 5.82 Å². The Hall–Kier alpha value is -3.43. The number of nitrogens with one attached hydrogen (secondary N) is 1. The van der Waals surface area contributed by atoms with Crippen LogP contribution in [0.5, 0.6) is 0 Å². The van der Waals surface area contributed by atoms with Crippen molar-refractivity contribution in [3.05, 3.63) is 29.6 Å². The lowest BCUT2D eigenvalue weighted by Gasteiger charge is -2.38. The monoisotopic (exact) mass is 471 g/mol. The van der Waals surface area contributed by atoms with Crippen molar-refractivity contribution in [2.45, 2.75) is 65.1 Å². The van der Waals surface area contributed by atoms with Gasteiger partial charge in [-0.1, -0.05) is 6.08 Å². The summed E-state index contributed by atoms with van der Waals surface area (Å²) >= 11 is 0. The molecule has 2 aliphatic rings. The van der Waals surface area contributed by atoms with E-state index in [9.17, 15) is 14.4 Å². The number of amides is 4. The molecule has 1 aromatic heterocycles. The van der Waals surface area contributed by atoms with E-state index in [-0.39, 0.29) is 31.0 Å². The molecule has 2 aliphatic heterocycles. The summed E-state index contributed by atoms with van der Waals surface area (Å²) in [6, 6.07) is 2.08. The molecular formula is C24H30FN5O4. The van der Waals surface area contributed by atoms with Gasteiger partial charge in [0.1, 0.15) is 11.4 Å². The molecule has 1 aromatic carbocycles. The highest BCUT2D eigenvalue weighted by Gasteiger charge is 2.34. The molecule has 0 spiro atoms. The first-order valence-electron chi connectivity index (χ1n) is 11.4. The minimum Gasteiger partial charge on any atom is -0.444 e. The average Bonchev–Trinajstić information content (AvgIpc) is 3.00. The van der Waals surface area contributed by atoms with E-state index in [1.54, 1.807) is 22.7 Å². The second-order valence-electron chi connectivity index (χ2n) is 9.92. The Balaban J connectivity index is 1.68. The Labute approximate surface area is 197 Å². The van der Waals surface area contributed by atoms with Crippen LogP contribution in [0.3, 0.4) is 0 Å². The van der Waals surface area contributed by atoms with E-state index in [1.807, 2.05) is 40.7 Å². The normalized spacial score (nSPS) is 21.6. The highest BCUT2D eigenvalue weighted by atomic mass is 19.1. The van der Waals surface area contributed by atoms with Gasteiger partial charge in [-0.15, -0.1) is 0 Å². The zero-order valence-electron chi connectivity index (χ0n) is 20.3. The highest BCUT2D eigenvalue weighted by molar-refractivity contribution is 6.09. The molecule has 34 heavy (non-hydrogen) atoms. The molecule has 1 fully saturated rings. The lowest BCUT2D eigenvalue weighted by Crippen LogP contribution is -2.49. The number of benzene rings is 1. The number of hydrogen-bond donors (Lipinski definition) is 1. The number of urea groups is 1. The minimum absolute atomic E-state index is 0.154. The van der Waals surface area contributed by atoms with Crippen LogP contribution in [0.2, 0.25) is 0 Å². The number of anilines is 1. The van der Waals surface area contributed by atoms with Crippen molar-refractivity contribution in [3.8, 4) is 0 Å². The molecular weight excluding hydrogens is 441 g/mol. The summed E-state index contributed by atoms with van der Waals surface area (Å²) < 4.78 is 22.5. The second-order valence-corrected chi connectivity index (χ2v) is 9.92. The summed E-state index contributed by atoms with van der Waals surface area (Å²) in [5.74, 6) is -0.474. The zero-order valence-corrected chi connectivity index (χ0v) is 20.3. The van der Waals surface area contributed by atoms with Crippen LogP contribution in [0.1, 0.15) is 53.0 Å². The molecule has 1 saturated heterocycles. The number of rotatable bonds is 2. The molecule has 9 nitrogen and oxygen atoms in total. The highest BCUT2D eigenvalue weighted by Crippen LogP contribution is 2.36. The standard InChI is InChI=1S/C24H30FN5O4/c1-13-9-15(10-14(2)30(13)23(33)34-24(3,4)5)16-12-19-17(11-18(16)25)21(27-28(19)6)29-8-7-20(31)26-22(29)32/h9,11-14H,7-8,10H2,1-6H3,(H,26,31,32)/t13-,14+/m1/s1. The smallest absolute Gasteiger partial charge is 0.411 e. The van der Waals surface area contributed by atoms with E-state index in [0.717, 1.165) is 5.57 Å². The number of hydrogen-bond acceptors (Lipinski definition) is 5. The molecule has 3 heterocycles.